The van der Waals surface area contributed by atoms with E-state index in [4.69, 9.17) is 4.98 Å². The number of piperidine rings is 1. The number of alkyl halides is 2. The number of fused-ring (bicyclic) bond motifs is 1. The Kier molecular flexibility index (Phi) is 6.29. The third-order valence-electron chi connectivity index (χ3n) is 6.89. The molecule has 2 N–H and O–H groups in total. The molecular formula is C26H30F2N4O3. The van der Waals surface area contributed by atoms with Gasteiger partial charge in [-0.15, -0.1) is 0 Å². The van der Waals surface area contributed by atoms with E-state index in [9.17, 15) is 23.5 Å². The summed E-state index contributed by atoms with van der Waals surface area (Å²) in [6.45, 7) is 8.64. The molecule has 3 heterocycles. The molecule has 1 fully saturated rings. The van der Waals surface area contributed by atoms with Crippen molar-refractivity contribution in [1.82, 2.24) is 9.38 Å². The van der Waals surface area contributed by atoms with Crippen LogP contribution in [-0.4, -0.2) is 39.5 Å². The van der Waals surface area contributed by atoms with Crippen molar-refractivity contribution in [1.29, 1.82) is 0 Å². The number of nitrogens with one attached hydrogen (secondary N) is 1. The van der Waals surface area contributed by atoms with Gasteiger partial charge in [0.2, 0.25) is 0 Å². The molecule has 1 aliphatic rings. The van der Waals surface area contributed by atoms with Crippen molar-refractivity contribution in [3.63, 3.8) is 0 Å². The van der Waals surface area contributed by atoms with Crippen LogP contribution >= 0.6 is 0 Å². The Morgan fingerprint density at radius 3 is 2.46 bits per heavy atom. The van der Waals surface area contributed by atoms with Gasteiger partial charge in [0.15, 0.2) is 0 Å². The van der Waals surface area contributed by atoms with E-state index in [1.807, 2.05) is 19.9 Å². The standard InChI is InChI=1S/C26H30F2N4O3/c1-14-10-20(18(5)29-21-9-7-6-8-19(21)25(34)35)23-30-22(17(4)24(33)32(23)11-14)31-12-15(2)26(27,28)16(3)13-31/h6-11,15-16,18,29H,12-13H2,1-5H3,(H,34,35)/t15-,16-,18?/m0/s1. The first kappa shape index (κ1) is 24.6. The van der Waals surface area contributed by atoms with Gasteiger partial charge >= 0.3 is 5.97 Å². The number of hydrogen-bond donors (Lipinski definition) is 2. The fourth-order valence-electron chi connectivity index (χ4n) is 4.86. The first-order valence-corrected chi connectivity index (χ1v) is 11.7. The maximum absolute atomic E-state index is 14.5. The van der Waals surface area contributed by atoms with E-state index in [2.05, 4.69) is 5.32 Å². The highest BCUT2D eigenvalue weighted by molar-refractivity contribution is 5.94. The minimum atomic E-state index is -2.78. The summed E-state index contributed by atoms with van der Waals surface area (Å²) in [6.07, 6.45) is 1.71. The summed E-state index contributed by atoms with van der Waals surface area (Å²) in [7, 11) is 0. The van der Waals surface area contributed by atoms with Crippen molar-refractivity contribution >= 4 is 23.1 Å². The zero-order valence-electron chi connectivity index (χ0n) is 20.5. The Hall–Kier alpha value is -3.49. The van der Waals surface area contributed by atoms with Gasteiger partial charge in [0, 0.05) is 42.4 Å². The molecule has 0 aliphatic carbocycles. The Balaban J connectivity index is 1.82. The van der Waals surface area contributed by atoms with E-state index in [0.29, 0.717) is 28.3 Å². The molecule has 35 heavy (non-hydrogen) atoms. The van der Waals surface area contributed by atoms with Crippen molar-refractivity contribution in [2.75, 3.05) is 23.3 Å². The van der Waals surface area contributed by atoms with E-state index in [0.717, 1.165) is 5.56 Å². The van der Waals surface area contributed by atoms with Crippen molar-refractivity contribution in [2.45, 2.75) is 46.6 Å². The maximum atomic E-state index is 14.5. The second kappa shape index (κ2) is 8.94. The number of rotatable bonds is 5. The van der Waals surface area contributed by atoms with Gasteiger partial charge in [-0.2, -0.15) is 0 Å². The zero-order chi connectivity index (χ0) is 25.7. The van der Waals surface area contributed by atoms with Gasteiger partial charge in [0.05, 0.1) is 17.2 Å². The van der Waals surface area contributed by atoms with Crippen LogP contribution in [0.3, 0.4) is 0 Å². The van der Waals surface area contributed by atoms with Gasteiger partial charge < -0.3 is 15.3 Å². The maximum Gasteiger partial charge on any atom is 0.337 e. The van der Waals surface area contributed by atoms with E-state index in [1.165, 1.54) is 24.3 Å². The number of carbonyl (C=O) groups is 1. The normalized spacial score (nSPS) is 20.6. The van der Waals surface area contributed by atoms with Gasteiger partial charge in [-0.1, -0.05) is 26.0 Å². The summed E-state index contributed by atoms with van der Waals surface area (Å²) < 4.78 is 30.4. The van der Waals surface area contributed by atoms with E-state index in [1.54, 1.807) is 36.2 Å². The molecule has 0 bridgehead atoms. The summed E-state index contributed by atoms with van der Waals surface area (Å²) in [6, 6.07) is 8.11. The molecule has 0 radical (unpaired) electrons. The van der Waals surface area contributed by atoms with Gasteiger partial charge in [-0.05, 0) is 44.5 Å². The SMILES string of the molecule is Cc1cc(C(C)Nc2ccccc2C(=O)O)c2nc(N3C[C@H](C)C(F)(F)[C@@H](C)C3)c(C)c(=O)n2c1. The number of nitrogens with zero attached hydrogens (tertiary/aromatic N) is 3. The third kappa shape index (κ3) is 4.35. The van der Waals surface area contributed by atoms with Crippen LogP contribution in [0.1, 0.15) is 53.9 Å². The van der Waals surface area contributed by atoms with Crippen LogP contribution in [0.2, 0.25) is 0 Å². The largest absolute Gasteiger partial charge is 0.478 e. The summed E-state index contributed by atoms with van der Waals surface area (Å²) in [5, 5.41) is 12.8. The van der Waals surface area contributed by atoms with Crippen LogP contribution in [-0.2, 0) is 0 Å². The summed E-state index contributed by atoms with van der Waals surface area (Å²) in [5.74, 6) is -5.18. The lowest BCUT2D eigenvalue weighted by atomic mass is 9.87. The van der Waals surface area contributed by atoms with Crippen LogP contribution in [0.25, 0.3) is 5.65 Å². The Morgan fingerprint density at radius 1 is 1.20 bits per heavy atom. The first-order valence-electron chi connectivity index (χ1n) is 11.7. The van der Waals surface area contributed by atoms with Crippen LogP contribution < -0.4 is 15.8 Å². The highest BCUT2D eigenvalue weighted by Crippen LogP contribution is 2.39. The predicted molar refractivity (Wildman–Crippen MR) is 132 cm³/mol. The van der Waals surface area contributed by atoms with Gasteiger partial charge in [0.1, 0.15) is 11.5 Å². The number of carboxylic acid groups (broad SMARTS) is 1. The Morgan fingerprint density at radius 2 is 1.83 bits per heavy atom. The lowest BCUT2D eigenvalue weighted by Gasteiger charge is -2.42. The first-order chi connectivity index (χ1) is 16.4. The highest BCUT2D eigenvalue weighted by atomic mass is 19.3. The van der Waals surface area contributed by atoms with Gasteiger partial charge in [-0.25, -0.2) is 18.6 Å². The van der Waals surface area contributed by atoms with Crippen LogP contribution in [0, 0.1) is 25.7 Å². The van der Waals surface area contributed by atoms with Crippen LogP contribution in [0.4, 0.5) is 20.3 Å². The Bertz CT molecular complexity index is 1340. The average molecular weight is 485 g/mol. The molecule has 3 atom stereocenters. The van der Waals surface area contributed by atoms with E-state index in [-0.39, 0.29) is 24.2 Å². The predicted octanol–water partition coefficient (Wildman–Crippen LogP) is 4.91. The van der Waals surface area contributed by atoms with Gasteiger partial charge in [-0.3, -0.25) is 9.20 Å². The van der Waals surface area contributed by atoms with Crippen molar-refractivity contribution in [2.24, 2.45) is 11.8 Å². The molecular weight excluding hydrogens is 454 g/mol. The number of aromatic nitrogens is 2. The number of aryl methyl sites for hydroxylation is 1. The van der Waals surface area contributed by atoms with Crippen molar-refractivity contribution < 1.29 is 18.7 Å². The molecule has 0 amide bonds. The summed E-state index contributed by atoms with van der Waals surface area (Å²) >= 11 is 0. The number of pyridine rings is 1. The minimum Gasteiger partial charge on any atom is -0.478 e. The topological polar surface area (TPSA) is 86.9 Å². The van der Waals surface area contributed by atoms with Crippen LogP contribution in [0.5, 0.6) is 0 Å². The third-order valence-corrected chi connectivity index (χ3v) is 6.89. The molecule has 186 valence electrons. The summed E-state index contributed by atoms with van der Waals surface area (Å²) in [5.41, 5.74) is 2.67. The smallest absolute Gasteiger partial charge is 0.337 e. The molecule has 1 aromatic carbocycles. The number of benzene rings is 1. The number of para-hydroxylation sites is 1. The molecule has 7 nitrogen and oxygen atoms in total. The number of anilines is 2. The van der Waals surface area contributed by atoms with E-state index < -0.39 is 29.8 Å². The Labute approximate surface area is 202 Å². The second-order valence-corrected chi connectivity index (χ2v) is 9.63. The molecule has 2 aromatic heterocycles. The minimum absolute atomic E-state index is 0.0990. The van der Waals surface area contributed by atoms with Crippen molar-refractivity contribution in [3.8, 4) is 0 Å². The van der Waals surface area contributed by atoms with Gasteiger partial charge in [0.25, 0.3) is 11.5 Å². The molecule has 9 heteroatoms. The number of halogens is 2. The molecule has 1 saturated heterocycles. The molecule has 4 rings (SSSR count). The number of hydrogen-bond acceptors (Lipinski definition) is 5. The summed E-state index contributed by atoms with van der Waals surface area (Å²) in [4.78, 5) is 31.6. The average Bonchev–Trinajstić information content (AvgIpc) is 2.80. The number of carboxylic acids is 1. The monoisotopic (exact) mass is 484 g/mol. The van der Waals surface area contributed by atoms with E-state index >= 15 is 0 Å². The van der Waals surface area contributed by atoms with Crippen LogP contribution in [0.15, 0.2) is 41.3 Å². The molecule has 0 spiro atoms. The lowest BCUT2D eigenvalue weighted by Crippen LogP contribution is -2.52. The zero-order valence-corrected chi connectivity index (χ0v) is 20.5. The molecule has 0 saturated carbocycles. The fraction of sp³-hybridized carbons (Fsp3) is 0.423. The lowest BCUT2D eigenvalue weighted by molar-refractivity contribution is -0.105. The molecule has 3 aromatic rings. The second-order valence-electron chi connectivity index (χ2n) is 9.63. The highest BCUT2D eigenvalue weighted by Gasteiger charge is 2.47. The number of aromatic carboxylic acids is 1. The molecule has 1 aliphatic heterocycles. The molecule has 1 unspecified atom stereocenters. The fourth-order valence-corrected chi connectivity index (χ4v) is 4.86. The van der Waals surface area contributed by atoms with Crippen molar-refractivity contribution in [3.05, 3.63) is 69.1 Å². The quantitative estimate of drug-likeness (QED) is 0.535.